The van der Waals surface area contributed by atoms with Gasteiger partial charge in [-0.3, -0.25) is 9.35 Å². The van der Waals surface area contributed by atoms with Crippen LogP contribution in [-0.2, 0) is 14.9 Å². The highest BCUT2D eigenvalue weighted by molar-refractivity contribution is 7.85. The van der Waals surface area contributed by atoms with E-state index in [0.717, 1.165) is 0 Å². The molecule has 0 radical (unpaired) electrons. The molecule has 1 heterocycles. The lowest BCUT2D eigenvalue weighted by Crippen LogP contribution is -2.36. The number of carbonyl (C=O) groups is 1. The van der Waals surface area contributed by atoms with E-state index in [-0.39, 0.29) is 16.8 Å². The monoisotopic (exact) mass is 256 g/mol. The molecule has 1 aliphatic rings. The zero-order chi connectivity index (χ0) is 12.6. The van der Waals surface area contributed by atoms with Crippen molar-refractivity contribution in [3.63, 3.8) is 0 Å². The van der Waals surface area contributed by atoms with E-state index in [1.165, 1.54) is 23.2 Å². The Hall–Kier alpha value is -1.44. The molecule has 0 spiro atoms. The second-order valence-electron chi connectivity index (χ2n) is 3.94. The summed E-state index contributed by atoms with van der Waals surface area (Å²) in [5.74, 6) is -0.134. The van der Waals surface area contributed by atoms with Crippen molar-refractivity contribution < 1.29 is 17.8 Å². The molecule has 0 aromatic heterocycles. The molecule has 0 bridgehead atoms. The van der Waals surface area contributed by atoms with Crippen molar-refractivity contribution in [2.75, 3.05) is 5.01 Å². The Morgan fingerprint density at radius 1 is 1.47 bits per heavy atom. The molecule has 1 unspecified atom stereocenters. The summed E-state index contributed by atoms with van der Waals surface area (Å²) < 4.78 is 30.9. The quantitative estimate of drug-likeness (QED) is 0.755. The maximum absolute atomic E-state index is 11.6. The summed E-state index contributed by atoms with van der Waals surface area (Å²) >= 11 is 0. The predicted molar refractivity (Wildman–Crippen MR) is 61.0 cm³/mol. The first kappa shape index (κ1) is 12.0. The summed E-state index contributed by atoms with van der Waals surface area (Å²) in [6.07, 6.45) is 0.357. The lowest BCUT2D eigenvalue weighted by molar-refractivity contribution is -0.117. The minimum atomic E-state index is -4.25. The van der Waals surface area contributed by atoms with Crippen LogP contribution in [0.5, 0.6) is 0 Å². The molecule has 0 aliphatic carbocycles. The third-order valence-corrected chi connectivity index (χ3v) is 3.30. The van der Waals surface area contributed by atoms with E-state index >= 15 is 0 Å². The first-order valence-electron chi connectivity index (χ1n) is 5.04. The van der Waals surface area contributed by atoms with Gasteiger partial charge >= 0.3 is 0 Å². The van der Waals surface area contributed by atoms with Gasteiger partial charge in [0.15, 0.2) is 0 Å². The van der Waals surface area contributed by atoms with Crippen LogP contribution in [0.4, 0.5) is 5.69 Å². The fourth-order valence-electron chi connectivity index (χ4n) is 1.69. The maximum atomic E-state index is 11.6. The summed E-state index contributed by atoms with van der Waals surface area (Å²) in [4.78, 5) is 11.4. The fraction of sp³-hybridized carbons (Fsp3) is 0.300. The van der Waals surface area contributed by atoms with Gasteiger partial charge in [-0.25, -0.2) is 10.4 Å². The molecular formula is C10H12N2O4S. The largest absolute Gasteiger partial charge is 0.294 e. The van der Waals surface area contributed by atoms with Gasteiger partial charge in [0.25, 0.3) is 10.1 Å². The molecule has 1 aromatic carbocycles. The molecule has 0 saturated carbocycles. The Morgan fingerprint density at radius 2 is 2.18 bits per heavy atom. The number of nitrogens with one attached hydrogen (secondary N) is 1. The summed E-state index contributed by atoms with van der Waals surface area (Å²) in [5.41, 5.74) is 3.30. The number of anilines is 1. The first-order valence-corrected chi connectivity index (χ1v) is 6.48. The SMILES string of the molecule is CC1CC(=O)N(c2cccc(S(=O)(=O)O)c2)N1. The molecule has 2 rings (SSSR count). The molecule has 1 atom stereocenters. The van der Waals surface area contributed by atoms with Crippen LogP contribution in [0, 0.1) is 0 Å². The first-order chi connectivity index (χ1) is 7.88. The third-order valence-electron chi connectivity index (χ3n) is 2.45. The van der Waals surface area contributed by atoms with E-state index in [1.54, 1.807) is 6.07 Å². The van der Waals surface area contributed by atoms with Gasteiger partial charge in [-0.2, -0.15) is 8.42 Å². The lowest BCUT2D eigenvalue weighted by atomic mass is 10.2. The molecule has 92 valence electrons. The van der Waals surface area contributed by atoms with E-state index in [2.05, 4.69) is 5.43 Å². The van der Waals surface area contributed by atoms with Crippen LogP contribution < -0.4 is 10.4 Å². The van der Waals surface area contributed by atoms with Gasteiger partial charge in [-0.15, -0.1) is 0 Å². The van der Waals surface area contributed by atoms with E-state index < -0.39 is 10.1 Å². The van der Waals surface area contributed by atoms with Crippen LogP contribution in [-0.4, -0.2) is 24.9 Å². The van der Waals surface area contributed by atoms with Crippen molar-refractivity contribution in [2.24, 2.45) is 0 Å². The smallest absolute Gasteiger partial charge is 0.282 e. The van der Waals surface area contributed by atoms with Gasteiger partial charge in [0.05, 0.1) is 10.6 Å². The molecule has 1 aromatic rings. The van der Waals surface area contributed by atoms with Gasteiger partial charge in [0.2, 0.25) is 5.91 Å². The van der Waals surface area contributed by atoms with Crippen LogP contribution in [0.15, 0.2) is 29.2 Å². The minimum Gasteiger partial charge on any atom is -0.282 e. The molecule has 1 amide bonds. The Morgan fingerprint density at radius 3 is 2.71 bits per heavy atom. The molecular weight excluding hydrogens is 244 g/mol. The van der Waals surface area contributed by atoms with Crippen LogP contribution in [0.1, 0.15) is 13.3 Å². The third kappa shape index (κ3) is 2.46. The molecule has 1 aliphatic heterocycles. The molecule has 1 saturated heterocycles. The summed E-state index contributed by atoms with van der Waals surface area (Å²) in [5, 5.41) is 1.29. The number of nitrogens with zero attached hydrogens (tertiary/aromatic N) is 1. The predicted octanol–water partition coefficient (Wildman–Crippen LogP) is 0.563. The minimum absolute atomic E-state index is 0.0110. The summed E-state index contributed by atoms with van der Waals surface area (Å²) in [6.45, 7) is 1.85. The Labute approximate surface area is 99.0 Å². The second kappa shape index (κ2) is 4.10. The highest BCUT2D eigenvalue weighted by Gasteiger charge is 2.27. The number of carbonyl (C=O) groups excluding carboxylic acids is 1. The lowest BCUT2D eigenvalue weighted by Gasteiger charge is -2.17. The number of hydrogen-bond acceptors (Lipinski definition) is 4. The Balaban J connectivity index is 2.38. The summed E-state index contributed by atoms with van der Waals surface area (Å²) in [7, 11) is -4.25. The zero-order valence-corrected chi connectivity index (χ0v) is 9.94. The van der Waals surface area contributed by atoms with Crippen LogP contribution in [0.25, 0.3) is 0 Å². The van der Waals surface area contributed by atoms with Crippen molar-refractivity contribution >= 4 is 21.7 Å². The van der Waals surface area contributed by atoms with Gasteiger partial charge < -0.3 is 0 Å². The molecule has 7 heteroatoms. The zero-order valence-electron chi connectivity index (χ0n) is 9.12. The van der Waals surface area contributed by atoms with Crippen molar-refractivity contribution in [1.29, 1.82) is 0 Å². The fourth-order valence-corrected chi connectivity index (χ4v) is 2.21. The molecule has 17 heavy (non-hydrogen) atoms. The molecule has 2 N–H and O–H groups in total. The van der Waals surface area contributed by atoms with E-state index in [9.17, 15) is 13.2 Å². The van der Waals surface area contributed by atoms with Crippen LogP contribution >= 0.6 is 0 Å². The van der Waals surface area contributed by atoms with Gasteiger partial charge in [0, 0.05) is 12.5 Å². The van der Waals surface area contributed by atoms with E-state index in [1.807, 2.05) is 6.92 Å². The average molecular weight is 256 g/mol. The number of benzene rings is 1. The topological polar surface area (TPSA) is 86.7 Å². The number of hydrogen-bond donors (Lipinski definition) is 2. The van der Waals surface area contributed by atoms with E-state index in [4.69, 9.17) is 4.55 Å². The Bertz CT molecular complexity index is 555. The number of amides is 1. The van der Waals surface area contributed by atoms with Gasteiger partial charge in [0.1, 0.15) is 0 Å². The van der Waals surface area contributed by atoms with Crippen molar-refractivity contribution in [2.45, 2.75) is 24.3 Å². The normalized spacial score (nSPS) is 20.9. The number of rotatable bonds is 2. The number of hydrazine groups is 1. The highest BCUT2D eigenvalue weighted by atomic mass is 32.2. The average Bonchev–Trinajstić information content (AvgIpc) is 2.57. The van der Waals surface area contributed by atoms with E-state index in [0.29, 0.717) is 12.1 Å². The maximum Gasteiger partial charge on any atom is 0.294 e. The van der Waals surface area contributed by atoms with Crippen molar-refractivity contribution in [1.82, 2.24) is 5.43 Å². The second-order valence-corrected chi connectivity index (χ2v) is 5.36. The molecule has 6 nitrogen and oxygen atoms in total. The van der Waals surface area contributed by atoms with Crippen LogP contribution in [0.3, 0.4) is 0 Å². The highest BCUT2D eigenvalue weighted by Crippen LogP contribution is 2.22. The van der Waals surface area contributed by atoms with Crippen molar-refractivity contribution in [3.05, 3.63) is 24.3 Å². The van der Waals surface area contributed by atoms with Gasteiger partial charge in [-0.05, 0) is 25.1 Å². The van der Waals surface area contributed by atoms with Crippen molar-refractivity contribution in [3.8, 4) is 0 Å². The van der Waals surface area contributed by atoms with Crippen LogP contribution in [0.2, 0.25) is 0 Å². The Kier molecular flexibility index (Phi) is 2.90. The van der Waals surface area contributed by atoms with Gasteiger partial charge in [-0.1, -0.05) is 6.07 Å². The molecule has 1 fully saturated rings. The summed E-state index contributed by atoms with van der Waals surface area (Å²) in [6, 6.07) is 5.59. The standard InChI is InChI=1S/C10H12N2O4S/c1-7-5-10(13)12(11-7)8-3-2-4-9(6-8)17(14,15)16/h2-4,6-7,11H,5H2,1H3,(H,14,15,16).